The first-order chi connectivity index (χ1) is 13.5. The molecule has 0 fully saturated rings. The minimum atomic E-state index is 0.0148. The van der Waals surface area contributed by atoms with Gasteiger partial charge in [0.15, 0.2) is 5.96 Å². The summed E-state index contributed by atoms with van der Waals surface area (Å²) in [6.45, 7) is 3.96. The van der Waals surface area contributed by atoms with Crippen LogP contribution in [0.3, 0.4) is 0 Å². The summed E-state index contributed by atoms with van der Waals surface area (Å²) in [5, 5.41) is 6.53. The Kier molecular flexibility index (Phi) is 8.34. The fourth-order valence-corrected chi connectivity index (χ4v) is 2.71. The standard InChI is InChI=1S/C22H30N4O2/c1-17-8-5-6-11-20(17)28-15-14-25-22(23-2)24-13-12-18-9-7-10-19(16-18)21(27)26(3)4/h5-11,16H,12-15H2,1-4H3,(H2,23,24,25). The Hall–Kier alpha value is -3.02. The van der Waals surface area contributed by atoms with Crippen LogP contribution in [-0.2, 0) is 6.42 Å². The third kappa shape index (κ3) is 6.61. The van der Waals surface area contributed by atoms with Crippen LogP contribution in [0.2, 0.25) is 0 Å². The van der Waals surface area contributed by atoms with Crippen molar-refractivity contribution in [2.24, 2.45) is 4.99 Å². The lowest BCUT2D eigenvalue weighted by molar-refractivity contribution is 0.0827. The van der Waals surface area contributed by atoms with E-state index < -0.39 is 0 Å². The van der Waals surface area contributed by atoms with E-state index >= 15 is 0 Å². The van der Waals surface area contributed by atoms with E-state index in [4.69, 9.17) is 4.74 Å². The average molecular weight is 383 g/mol. The van der Waals surface area contributed by atoms with Gasteiger partial charge in [-0.1, -0.05) is 30.3 Å². The van der Waals surface area contributed by atoms with Crippen LogP contribution in [0.4, 0.5) is 0 Å². The van der Waals surface area contributed by atoms with Crippen molar-refractivity contribution in [2.75, 3.05) is 40.8 Å². The SMILES string of the molecule is CN=C(NCCOc1ccccc1C)NCCc1cccc(C(=O)N(C)C)c1. The van der Waals surface area contributed by atoms with Gasteiger partial charge >= 0.3 is 0 Å². The van der Waals surface area contributed by atoms with E-state index in [1.807, 2.05) is 55.5 Å². The highest BCUT2D eigenvalue weighted by Crippen LogP contribution is 2.15. The molecule has 6 heteroatoms. The first kappa shape index (κ1) is 21.3. The van der Waals surface area contributed by atoms with E-state index in [0.29, 0.717) is 18.7 Å². The molecule has 0 radical (unpaired) electrons. The fraction of sp³-hybridized carbons (Fsp3) is 0.364. The number of guanidine groups is 1. The molecule has 0 bridgehead atoms. The van der Waals surface area contributed by atoms with Gasteiger partial charge in [0, 0.05) is 33.3 Å². The van der Waals surface area contributed by atoms with Crippen LogP contribution in [-0.4, -0.2) is 57.6 Å². The molecule has 150 valence electrons. The highest BCUT2D eigenvalue weighted by Gasteiger charge is 2.08. The average Bonchev–Trinajstić information content (AvgIpc) is 2.70. The molecule has 0 atom stereocenters. The number of rotatable bonds is 8. The van der Waals surface area contributed by atoms with Gasteiger partial charge in [0.1, 0.15) is 12.4 Å². The summed E-state index contributed by atoms with van der Waals surface area (Å²) in [6.07, 6.45) is 0.801. The third-order valence-corrected chi connectivity index (χ3v) is 4.26. The Morgan fingerprint density at radius 1 is 1.07 bits per heavy atom. The van der Waals surface area contributed by atoms with Crippen molar-refractivity contribution in [3.63, 3.8) is 0 Å². The third-order valence-electron chi connectivity index (χ3n) is 4.26. The molecule has 2 aromatic rings. The molecule has 0 aliphatic rings. The minimum Gasteiger partial charge on any atom is -0.491 e. The first-order valence-electron chi connectivity index (χ1n) is 9.45. The molecule has 0 aliphatic carbocycles. The number of amides is 1. The highest BCUT2D eigenvalue weighted by atomic mass is 16.5. The second kappa shape index (κ2) is 11.0. The number of hydrogen-bond acceptors (Lipinski definition) is 3. The smallest absolute Gasteiger partial charge is 0.253 e. The van der Waals surface area contributed by atoms with Crippen molar-refractivity contribution in [1.82, 2.24) is 15.5 Å². The molecule has 6 nitrogen and oxygen atoms in total. The summed E-state index contributed by atoms with van der Waals surface area (Å²) in [7, 11) is 5.26. The molecule has 2 aromatic carbocycles. The van der Waals surface area contributed by atoms with Gasteiger partial charge in [-0.05, 0) is 42.7 Å². The number of para-hydroxylation sites is 1. The number of nitrogens with one attached hydrogen (secondary N) is 2. The number of carbonyl (C=O) groups excluding carboxylic acids is 1. The van der Waals surface area contributed by atoms with Gasteiger partial charge < -0.3 is 20.3 Å². The van der Waals surface area contributed by atoms with Crippen LogP contribution in [0.1, 0.15) is 21.5 Å². The van der Waals surface area contributed by atoms with E-state index in [1.54, 1.807) is 26.0 Å². The van der Waals surface area contributed by atoms with Crippen LogP contribution in [0.5, 0.6) is 5.75 Å². The van der Waals surface area contributed by atoms with Crippen molar-refractivity contribution in [3.05, 3.63) is 65.2 Å². The Morgan fingerprint density at radius 3 is 2.54 bits per heavy atom. The number of ether oxygens (including phenoxy) is 1. The summed E-state index contributed by atoms with van der Waals surface area (Å²) in [4.78, 5) is 17.9. The van der Waals surface area contributed by atoms with Gasteiger partial charge in [-0.15, -0.1) is 0 Å². The molecule has 0 aromatic heterocycles. The maximum absolute atomic E-state index is 12.1. The Morgan fingerprint density at radius 2 is 1.82 bits per heavy atom. The van der Waals surface area contributed by atoms with Crippen molar-refractivity contribution >= 4 is 11.9 Å². The Balaban J connectivity index is 1.73. The molecule has 2 rings (SSSR count). The highest BCUT2D eigenvalue weighted by molar-refractivity contribution is 5.94. The molecule has 0 aliphatic heterocycles. The van der Waals surface area contributed by atoms with Gasteiger partial charge in [0.05, 0.1) is 6.54 Å². The molecular weight excluding hydrogens is 352 g/mol. The molecule has 1 amide bonds. The summed E-state index contributed by atoms with van der Waals surface area (Å²) < 4.78 is 5.78. The Labute approximate surface area is 167 Å². The summed E-state index contributed by atoms with van der Waals surface area (Å²) in [6, 6.07) is 15.7. The van der Waals surface area contributed by atoms with Crippen LogP contribution in [0.15, 0.2) is 53.5 Å². The van der Waals surface area contributed by atoms with Gasteiger partial charge in [-0.3, -0.25) is 9.79 Å². The van der Waals surface area contributed by atoms with E-state index in [-0.39, 0.29) is 5.91 Å². The summed E-state index contributed by atoms with van der Waals surface area (Å²) in [5.74, 6) is 1.65. The number of aliphatic imine (C=N–C) groups is 1. The first-order valence-corrected chi connectivity index (χ1v) is 9.45. The second-order valence-electron chi connectivity index (χ2n) is 6.69. The lowest BCUT2D eigenvalue weighted by Gasteiger charge is -2.14. The zero-order chi connectivity index (χ0) is 20.4. The number of hydrogen-bond donors (Lipinski definition) is 2. The molecule has 0 heterocycles. The predicted octanol–water partition coefficient (Wildman–Crippen LogP) is 2.48. The van der Waals surface area contributed by atoms with E-state index in [1.165, 1.54) is 0 Å². The van der Waals surface area contributed by atoms with Crippen molar-refractivity contribution in [3.8, 4) is 5.75 Å². The zero-order valence-corrected chi connectivity index (χ0v) is 17.2. The van der Waals surface area contributed by atoms with Gasteiger partial charge in [0.2, 0.25) is 0 Å². The van der Waals surface area contributed by atoms with Crippen LogP contribution in [0.25, 0.3) is 0 Å². The number of benzene rings is 2. The van der Waals surface area contributed by atoms with Gasteiger partial charge in [-0.2, -0.15) is 0 Å². The number of aryl methyl sites for hydroxylation is 1. The van der Waals surface area contributed by atoms with Crippen molar-refractivity contribution < 1.29 is 9.53 Å². The maximum atomic E-state index is 12.1. The molecule has 28 heavy (non-hydrogen) atoms. The Bertz CT molecular complexity index is 803. The van der Waals surface area contributed by atoms with Gasteiger partial charge in [-0.25, -0.2) is 0 Å². The summed E-state index contributed by atoms with van der Waals surface area (Å²) in [5.41, 5.74) is 2.94. The van der Waals surface area contributed by atoms with Gasteiger partial charge in [0.25, 0.3) is 5.91 Å². The van der Waals surface area contributed by atoms with Crippen LogP contribution < -0.4 is 15.4 Å². The molecule has 0 saturated heterocycles. The van der Waals surface area contributed by atoms with Crippen LogP contribution in [0, 0.1) is 6.92 Å². The number of carbonyl (C=O) groups is 1. The minimum absolute atomic E-state index is 0.0148. The quantitative estimate of drug-likeness (QED) is 0.418. The maximum Gasteiger partial charge on any atom is 0.253 e. The number of nitrogens with zero attached hydrogens (tertiary/aromatic N) is 2. The largest absolute Gasteiger partial charge is 0.491 e. The monoisotopic (exact) mass is 382 g/mol. The fourth-order valence-electron chi connectivity index (χ4n) is 2.71. The van der Waals surface area contributed by atoms with Crippen LogP contribution >= 0.6 is 0 Å². The predicted molar refractivity (Wildman–Crippen MR) is 114 cm³/mol. The molecule has 2 N–H and O–H groups in total. The molecule has 0 unspecified atom stereocenters. The lowest BCUT2D eigenvalue weighted by Crippen LogP contribution is -2.40. The van der Waals surface area contributed by atoms with E-state index in [0.717, 1.165) is 35.8 Å². The van der Waals surface area contributed by atoms with Crippen molar-refractivity contribution in [2.45, 2.75) is 13.3 Å². The second-order valence-corrected chi connectivity index (χ2v) is 6.69. The molecule has 0 spiro atoms. The van der Waals surface area contributed by atoms with E-state index in [9.17, 15) is 4.79 Å². The molecular formula is C22H30N4O2. The summed E-state index contributed by atoms with van der Waals surface area (Å²) >= 11 is 0. The zero-order valence-electron chi connectivity index (χ0n) is 17.2. The lowest BCUT2D eigenvalue weighted by atomic mass is 10.1. The topological polar surface area (TPSA) is 66.0 Å². The van der Waals surface area contributed by atoms with E-state index in [2.05, 4.69) is 15.6 Å². The molecule has 0 saturated carbocycles. The van der Waals surface area contributed by atoms with Crippen molar-refractivity contribution in [1.29, 1.82) is 0 Å². The normalized spacial score (nSPS) is 11.1.